The zero-order valence-corrected chi connectivity index (χ0v) is 11.2. The molecule has 15 heavy (non-hydrogen) atoms. The van der Waals surface area contributed by atoms with Crippen molar-refractivity contribution in [3.8, 4) is 0 Å². The van der Waals surface area contributed by atoms with Crippen LogP contribution in [0.2, 0.25) is 0 Å². The molecule has 0 aromatic heterocycles. The van der Waals surface area contributed by atoms with Gasteiger partial charge in [-0.25, -0.2) is 0 Å². The molecule has 0 radical (unpaired) electrons. The molecule has 0 aliphatic rings. The van der Waals surface area contributed by atoms with Crippen molar-refractivity contribution >= 4 is 10.1 Å². The van der Waals surface area contributed by atoms with E-state index >= 15 is 0 Å². The maximum Gasteiger partial charge on any atom is 0.272 e. The lowest BCUT2D eigenvalue weighted by Crippen LogP contribution is -2.32. The fourth-order valence-electron chi connectivity index (χ4n) is 1.03. The standard InChI is InChI=1S/C11H24O3S/c1-5-7-8-9-10-14-15(12,13)11(3,4)6-2/h5-10H2,1-4H3. The lowest BCUT2D eigenvalue weighted by molar-refractivity contribution is 0.291. The van der Waals surface area contributed by atoms with Crippen molar-refractivity contribution < 1.29 is 12.6 Å². The Labute approximate surface area is 94.3 Å². The molecule has 0 unspecified atom stereocenters. The molecule has 0 aromatic carbocycles. The fraction of sp³-hybridized carbons (Fsp3) is 1.00. The normalized spacial score (nSPS) is 13.1. The van der Waals surface area contributed by atoms with Gasteiger partial charge in [0.15, 0.2) is 0 Å². The largest absolute Gasteiger partial charge is 0.272 e. The Hall–Kier alpha value is -0.0900. The van der Waals surface area contributed by atoms with E-state index in [1.807, 2.05) is 6.92 Å². The van der Waals surface area contributed by atoms with Crippen molar-refractivity contribution in [2.45, 2.75) is 64.5 Å². The van der Waals surface area contributed by atoms with E-state index in [9.17, 15) is 8.42 Å². The van der Waals surface area contributed by atoms with Crippen molar-refractivity contribution in [1.29, 1.82) is 0 Å². The molecule has 0 bridgehead atoms. The maximum atomic E-state index is 11.7. The second kappa shape index (κ2) is 6.48. The van der Waals surface area contributed by atoms with E-state index in [1.54, 1.807) is 13.8 Å². The molecule has 0 N–H and O–H groups in total. The lowest BCUT2D eigenvalue weighted by Gasteiger charge is -2.21. The van der Waals surface area contributed by atoms with Gasteiger partial charge in [-0.1, -0.05) is 33.1 Å². The van der Waals surface area contributed by atoms with Gasteiger partial charge in [-0.05, 0) is 26.7 Å². The molecule has 0 atom stereocenters. The van der Waals surface area contributed by atoms with Crippen LogP contribution in [-0.4, -0.2) is 19.8 Å². The van der Waals surface area contributed by atoms with Gasteiger partial charge in [-0.2, -0.15) is 8.42 Å². The highest BCUT2D eigenvalue weighted by molar-refractivity contribution is 7.88. The van der Waals surface area contributed by atoms with Gasteiger partial charge in [0.05, 0.1) is 11.4 Å². The molecule has 0 amide bonds. The van der Waals surface area contributed by atoms with Crippen LogP contribution in [0.4, 0.5) is 0 Å². The average Bonchev–Trinajstić information content (AvgIpc) is 2.17. The van der Waals surface area contributed by atoms with Crippen LogP contribution in [0.25, 0.3) is 0 Å². The molecule has 0 spiro atoms. The van der Waals surface area contributed by atoms with Crippen molar-refractivity contribution in [3.63, 3.8) is 0 Å². The number of unbranched alkanes of at least 4 members (excludes halogenated alkanes) is 3. The SMILES string of the molecule is CCCCCCOS(=O)(=O)C(C)(C)CC. The highest BCUT2D eigenvalue weighted by Crippen LogP contribution is 2.22. The Kier molecular flexibility index (Phi) is 6.44. The maximum absolute atomic E-state index is 11.7. The van der Waals surface area contributed by atoms with Crippen LogP contribution >= 0.6 is 0 Å². The van der Waals surface area contributed by atoms with E-state index in [1.165, 1.54) is 0 Å². The predicted molar refractivity (Wildman–Crippen MR) is 63.4 cm³/mol. The van der Waals surface area contributed by atoms with Gasteiger partial charge in [0.1, 0.15) is 0 Å². The van der Waals surface area contributed by atoms with Gasteiger partial charge < -0.3 is 0 Å². The number of hydrogen-bond donors (Lipinski definition) is 0. The van der Waals surface area contributed by atoms with Crippen LogP contribution in [0.5, 0.6) is 0 Å². The summed E-state index contributed by atoms with van der Waals surface area (Å²) in [5.74, 6) is 0. The van der Waals surface area contributed by atoms with Gasteiger partial charge >= 0.3 is 0 Å². The first kappa shape index (κ1) is 14.9. The Balaban J connectivity index is 3.96. The van der Waals surface area contributed by atoms with E-state index in [0.717, 1.165) is 25.7 Å². The first-order valence-corrected chi connectivity index (χ1v) is 7.17. The minimum absolute atomic E-state index is 0.325. The van der Waals surface area contributed by atoms with Crippen LogP contribution in [-0.2, 0) is 14.3 Å². The van der Waals surface area contributed by atoms with Crippen molar-refractivity contribution in [3.05, 3.63) is 0 Å². The molecule has 0 aliphatic carbocycles. The van der Waals surface area contributed by atoms with Crippen LogP contribution in [0.1, 0.15) is 59.8 Å². The van der Waals surface area contributed by atoms with Gasteiger partial charge in [0.2, 0.25) is 0 Å². The number of hydrogen-bond acceptors (Lipinski definition) is 3. The predicted octanol–water partition coefficient (Wildman–Crippen LogP) is 3.10. The first-order valence-electron chi connectivity index (χ1n) is 5.76. The third kappa shape index (κ3) is 4.98. The summed E-state index contributed by atoms with van der Waals surface area (Å²) in [4.78, 5) is 0. The molecule has 0 saturated carbocycles. The van der Waals surface area contributed by atoms with Gasteiger partial charge in [0.25, 0.3) is 10.1 Å². The molecule has 0 saturated heterocycles. The van der Waals surface area contributed by atoms with Crippen molar-refractivity contribution in [1.82, 2.24) is 0 Å². The third-order valence-corrected chi connectivity index (χ3v) is 4.88. The summed E-state index contributed by atoms with van der Waals surface area (Å²) in [5, 5.41) is 0. The summed E-state index contributed by atoms with van der Waals surface area (Å²) in [7, 11) is -3.40. The zero-order valence-electron chi connectivity index (χ0n) is 10.4. The number of rotatable bonds is 8. The van der Waals surface area contributed by atoms with Crippen LogP contribution in [0.3, 0.4) is 0 Å². The third-order valence-electron chi connectivity index (χ3n) is 2.76. The van der Waals surface area contributed by atoms with E-state index in [2.05, 4.69) is 6.92 Å². The van der Waals surface area contributed by atoms with E-state index in [4.69, 9.17) is 4.18 Å². The molecule has 3 nitrogen and oxygen atoms in total. The lowest BCUT2D eigenvalue weighted by atomic mass is 10.1. The highest BCUT2D eigenvalue weighted by atomic mass is 32.2. The van der Waals surface area contributed by atoms with E-state index in [0.29, 0.717) is 13.0 Å². The van der Waals surface area contributed by atoms with Crippen molar-refractivity contribution in [2.75, 3.05) is 6.61 Å². The minimum Gasteiger partial charge on any atom is -0.270 e. The van der Waals surface area contributed by atoms with Gasteiger partial charge in [-0.15, -0.1) is 0 Å². The second-order valence-electron chi connectivity index (χ2n) is 4.45. The van der Waals surface area contributed by atoms with E-state index < -0.39 is 14.9 Å². The molecular formula is C11H24O3S. The molecule has 0 heterocycles. The Bertz CT molecular complexity index is 255. The molecule has 92 valence electrons. The smallest absolute Gasteiger partial charge is 0.270 e. The quantitative estimate of drug-likeness (QED) is 0.480. The summed E-state index contributed by atoms with van der Waals surface area (Å²) in [6.45, 7) is 7.71. The van der Waals surface area contributed by atoms with E-state index in [-0.39, 0.29) is 0 Å². The molecular weight excluding hydrogens is 212 g/mol. The van der Waals surface area contributed by atoms with Gasteiger partial charge in [-0.3, -0.25) is 4.18 Å². The monoisotopic (exact) mass is 236 g/mol. The molecule has 0 fully saturated rings. The molecule has 0 aromatic rings. The Morgan fingerprint density at radius 3 is 2.13 bits per heavy atom. The first-order chi connectivity index (χ1) is 6.87. The summed E-state index contributed by atoms with van der Waals surface area (Å²) in [5.41, 5.74) is 0. The highest BCUT2D eigenvalue weighted by Gasteiger charge is 2.33. The fourth-order valence-corrected chi connectivity index (χ4v) is 2.04. The summed E-state index contributed by atoms with van der Waals surface area (Å²) < 4.78 is 27.6. The molecule has 4 heteroatoms. The van der Waals surface area contributed by atoms with Gasteiger partial charge in [0, 0.05) is 0 Å². The van der Waals surface area contributed by atoms with Crippen LogP contribution in [0, 0.1) is 0 Å². The summed E-state index contributed by atoms with van der Waals surface area (Å²) in [6.07, 6.45) is 4.73. The van der Waals surface area contributed by atoms with Crippen LogP contribution in [0.15, 0.2) is 0 Å². The average molecular weight is 236 g/mol. The Morgan fingerprint density at radius 1 is 1.07 bits per heavy atom. The summed E-state index contributed by atoms with van der Waals surface area (Å²) >= 11 is 0. The zero-order chi connectivity index (χ0) is 11.9. The van der Waals surface area contributed by atoms with Crippen molar-refractivity contribution in [2.24, 2.45) is 0 Å². The topological polar surface area (TPSA) is 43.4 Å². The molecule has 0 aliphatic heterocycles. The Morgan fingerprint density at radius 2 is 1.67 bits per heavy atom. The minimum atomic E-state index is -3.40. The molecule has 0 rings (SSSR count). The second-order valence-corrected chi connectivity index (χ2v) is 6.70. The summed E-state index contributed by atoms with van der Waals surface area (Å²) in [6, 6.07) is 0. The van der Waals surface area contributed by atoms with Crippen LogP contribution < -0.4 is 0 Å².